The third-order valence-corrected chi connectivity index (χ3v) is 9.44. The van der Waals surface area contributed by atoms with Gasteiger partial charge in [0.15, 0.2) is 0 Å². The van der Waals surface area contributed by atoms with E-state index >= 15 is 0 Å². The van der Waals surface area contributed by atoms with E-state index < -0.39 is 30.5 Å². The molecule has 0 saturated heterocycles. The van der Waals surface area contributed by atoms with Gasteiger partial charge in [0.25, 0.3) is 11.8 Å². The van der Waals surface area contributed by atoms with Crippen molar-refractivity contribution in [3.05, 3.63) is 33.3 Å². The van der Waals surface area contributed by atoms with Gasteiger partial charge < -0.3 is 15.4 Å². The van der Waals surface area contributed by atoms with Crippen LogP contribution in [0.25, 0.3) is 0 Å². The first kappa shape index (κ1) is 28.6. The Bertz CT molecular complexity index is 1500. The van der Waals surface area contributed by atoms with E-state index in [0.29, 0.717) is 41.5 Å². The molecule has 3 heterocycles. The maximum absolute atomic E-state index is 13.5. The Morgan fingerprint density at radius 3 is 2.74 bits per heavy atom. The van der Waals surface area contributed by atoms with Crippen molar-refractivity contribution in [2.45, 2.75) is 69.7 Å². The highest BCUT2D eigenvalue weighted by Crippen LogP contribution is 2.48. The van der Waals surface area contributed by atoms with E-state index in [-0.39, 0.29) is 55.9 Å². The van der Waals surface area contributed by atoms with Crippen molar-refractivity contribution >= 4 is 34.8 Å². The molecule has 0 unspecified atom stereocenters. The van der Waals surface area contributed by atoms with Gasteiger partial charge in [-0.25, -0.2) is 17.9 Å². The van der Waals surface area contributed by atoms with E-state index in [0.717, 1.165) is 10.4 Å². The first-order chi connectivity index (χ1) is 20.0. The first-order valence-electron chi connectivity index (χ1n) is 13.6. The molecule has 6 rings (SSSR count). The number of thiophene rings is 1. The third kappa shape index (κ3) is 5.72. The molecule has 0 aromatic carbocycles. The Morgan fingerprint density at radius 2 is 2.05 bits per heavy atom. The summed E-state index contributed by atoms with van der Waals surface area (Å²) in [4.78, 5) is 27.8. The lowest BCUT2D eigenvalue weighted by molar-refractivity contribution is -0.126. The van der Waals surface area contributed by atoms with Crippen LogP contribution in [-0.2, 0) is 31.1 Å². The Balaban J connectivity index is 1.23. The standard InChI is InChI=1S/C26H28F5N7O3S/c1-37-20(8-21(36-37)41-24(28)29)34-25-35-33-11-38(25)15-2-3-18-16(6-15)22(23(40)32-10-13-9-26(13,30)31)19(42-18)7-17(39)12-4-14(27)5-12/h8,11-15,24H,2-7,9-10H2,1H3,(H,32,40)(H,34,35)/t12?,13-,14?,15+/m1/s1. The fourth-order valence-corrected chi connectivity index (χ4v) is 6.94. The molecule has 0 bridgehead atoms. The second kappa shape index (κ2) is 10.9. The van der Waals surface area contributed by atoms with Gasteiger partial charge >= 0.3 is 6.61 Å². The van der Waals surface area contributed by atoms with Crippen LogP contribution in [-0.4, -0.2) is 61.5 Å². The van der Waals surface area contributed by atoms with Crippen LogP contribution in [0.5, 0.6) is 5.88 Å². The van der Waals surface area contributed by atoms with E-state index in [1.807, 2.05) is 0 Å². The highest BCUT2D eigenvalue weighted by atomic mass is 32.1. The number of nitrogens with zero attached hydrogens (tertiary/aromatic N) is 5. The van der Waals surface area contributed by atoms with Gasteiger partial charge in [0.2, 0.25) is 11.8 Å². The Labute approximate surface area is 240 Å². The Kier molecular flexibility index (Phi) is 7.43. The SMILES string of the molecule is Cn1nc(OC(F)F)cc1Nc1nncn1[C@H]1CCc2sc(CC(=O)C3CC(F)C3)c(C(=O)NC[C@H]3CC3(F)F)c2C1. The normalized spacial score (nSPS) is 24.2. The van der Waals surface area contributed by atoms with E-state index in [1.54, 1.807) is 11.6 Å². The second-order valence-electron chi connectivity index (χ2n) is 11.0. The van der Waals surface area contributed by atoms with Crippen LogP contribution in [0.4, 0.5) is 33.7 Å². The van der Waals surface area contributed by atoms with Crippen LogP contribution in [0.3, 0.4) is 0 Å². The molecular weight excluding hydrogens is 585 g/mol. The third-order valence-electron chi connectivity index (χ3n) is 8.14. The molecule has 3 aliphatic carbocycles. The van der Waals surface area contributed by atoms with Gasteiger partial charge in [0.05, 0.1) is 5.56 Å². The van der Waals surface area contributed by atoms with Gasteiger partial charge in [-0.1, -0.05) is 0 Å². The highest BCUT2D eigenvalue weighted by molar-refractivity contribution is 7.12. The number of ether oxygens (including phenoxy) is 1. The van der Waals surface area contributed by atoms with Crippen LogP contribution in [0.1, 0.15) is 57.4 Å². The summed E-state index contributed by atoms with van der Waals surface area (Å²) < 4.78 is 73.0. The summed E-state index contributed by atoms with van der Waals surface area (Å²) in [5.41, 5.74) is 1.07. The maximum Gasteiger partial charge on any atom is 0.388 e. The first-order valence-corrected chi connectivity index (χ1v) is 14.4. The molecule has 42 heavy (non-hydrogen) atoms. The Hall–Kier alpha value is -3.56. The number of aromatic nitrogens is 5. The number of hydrogen-bond acceptors (Lipinski definition) is 8. The zero-order chi connectivity index (χ0) is 29.8. The summed E-state index contributed by atoms with van der Waals surface area (Å²) in [6.07, 6.45) is 2.23. The van der Waals surface area contributed by atoms with Crippen molar-refractivity contribution in [2.75, 3.05) is 11.9 Å². The summed E-state index contributed by atoms with van der Waals surface area (Å²) in [5, 5.41) is 17.7. The molecule has 3 aliphatic rings. The van der Waals surface area contributed by atoms with Crippen molar-refractivity contribution in [2.24, 2.45) is 18.9 Å². The fraction of sp³-hybridized carbons (Fsp3) is 0.577. The summed E-state index contributed by atoms with van der Waals surface area (Å²) in [7, 11) is 1.54. The molecule has 2 atom stereocenters. The van der Waals surface area contributed by atoms with Gasteiger partial charge in [-0.05, 0) is 37.7 Å². The zero-order valence-corrected chi connectivity index (χ0v) is 23.3. The lowest BCUT2D eigenvalue weighted by atomic mass is 9.79. The summed E-state index contributed by atoms with van der Waals surface area (Å²) in [5.74, 6) is -4.32. The molecule has 1 amide bonds. The fourth-order valence-electron chi connectivity index (χ4n) is 5.58. The minimum atomic E-state index is -3.03. The number of nitrogens with one attached hydrogen (secondary N) is 2. The van der Waals surface area contributed by atoms with E-state index in [9.17, 15) is 31.5 Å². The number of amides is 1. The molecule has 3 aromatic rings. The Morgan fingerprint density at radius 1 is 1.29 bits per heavy atom. The number of fused-ring (bicyclic) bond motifs is 1. The number of alkyl halides is 5. The average Bonchev–Trinajstić information content (AvgIpc) is 3.28. The molecule has 0 radical (unpaired) electrons. The van der Waals surface area contributed by atoms with Crippen molar-refractivity contribution < 1.29 is 36.3 Å². The quantitative estimate of drug-likeness (QED) is 0.308. The molecule has 226 valence electrons. The summed E-state index contributed by atoms with van der Waals surface area (Å²) in [6.45, 7) is -3.19. The molecule has 0 aliphatic heterocycles. The largest absolute Gasteiger partial charge is 0.415 e. The number of carbonyl (C=O) groups excluding carboxylic acids is 2. The molecule has 2 N–H and O–H groups in total. The molecule has 2 fully saturated rings. The predicted molar refractivity (Wildman–Crippen MR) is 140 cm³/mol. The van der Waals surface area contributed by atoms with Crippen molar-refractivity contribution in [3.63, 3.8) is 0 Å². The van der Waals surface area contributed by atoms with Gasteiger partial charge in [-0.15, -0.1) is 26.6 Å². The molecular formula is C26H28F5N7O3S. The molecule has 10 nitrogen and oxygen atoms in total. The average molecular weight is 614 g/mol. The number of Topliss-reactive ketones (excluding diaryl/α,β-unsaturated/α-hetero) is 1. The van der Waals surface area contributed by atoms with E-state index in [1.165, 1.54) is 28.4 Å². The van der Waals surface area contributed by atoms with E-state index in [4.69, 9.17) is 0 Å². The number of aryl methyl sites for hydroxylation is 2. The van der Waals surface area contributed by atoms with Gasteiger partial charge in [-0.3, -0.25) is 14.2 Å². The van der Waals surface area contributed by atoms with Crippen molar-refractivity contribution in [1.82, 2.24) is 29.9 Å². The monoisotopic (exact) mass is 613 g/mol. The molecule has 0 spiro atoms. The van der Waals surface area contributed by atoms with Crippen molar-refractivity contribution in [1.29, 1.82) is 0 Å². The number of halogens is 5. The zero-order valence-electron chi connectivity index (χ0n) is 22.5. The molecule has 16 heteroatoms. The number of hydrogen-bond donors (Lipinski definition) is 2. The van der Waals surface area contributed by atoms with Gasteiger partial charge in [0.1, 0.15) is 24.1 Å². The minimum absolute atomic E-state index is 0.00892. The van der Waals surface area contributed by atoms with Gasteiger partial charge in [-0.2, -0.15) is 8.78 Å². The number of rotatable bonds is 11. The van der Waals surface area contributed by atoms with E-state index in [2.05, 4.69) is 30.7 Å². The molecule has 2 saturated carbocycles. The topological polar surface area (TPSA) is 116 Å². The van der Waals surface area contributed by atoms with Crippen LogP contribution in [0, 0.1) is 11.8 Å². The minimum Gasteiger partial charge on any atom is -0.415 e. The lowest BCUT2D eigenvalue weighted by Crippen LogP contribution is -2.33. The lowest BCUT2D eigenvalue weighted by Gasteiger charge is -2.28. The van der Waals surface area contributed by atoms with Gasteiger partial charge in [0, 0.05) is 60.1 Å². The second-order valence-corrected chi connectivity index (χ2v) is 12.2. The smallest absolute Gasteiger partial charge is 0.388 e. The molecule has 3 aromatic heterocycles. The summed E-state index contributed by atoms with van der Waals surface area (Å²) in [6, 6.07) is 1.09. The van der Waals surface area contributed by atoms with Crippen LogP contribution >= 0.6 is 11.3 Å². The van der Waals surface area contributed by atoms with Crippen LogP contribution in [0.15, 0.2) is 12.4 Å². The number of ketones is 1. The number of anilines is 2. The number of carbonyl (C=O) groups is 2. The van der Waals surface area contributed by atoms with Crippen LogP contribution in [0.2, 0.25) is 0 Å². The maximum atomic E-state index is 13.5. The summed E-state index contributed by atoms with van der Waals surface area (Å²) >= 11 is 1.37. The highest BCUT2D eigenvalue weighted by Gasteiger charge is 2.56. The predicted octanol–water partition coefficient (Wildman–Crippen LogP) is 4.39. The van der Waals surface area contributed by atoms with Crippen LogP contribution < -0.4 is 15.4 Å². The van der Waals surface area contributed by atoms with Crippen molar-refractivity contribution in [3.8, 4) is 5.88 Å².